The Kier molecular flexibility index (Phi) is 12.3. The molecule has 0 fully saturated rings. The Labute approximate surface area is 271 Å². The monoisotopic (exact) mass is 607 g/mol. The van der Waals surface area contributed by atoms with Crippen LogP contribution >= 0.6 is 0 Å². The summed E-state index contributed by atoms with van der Waals surface area (Å²) < 4.78 is 12.5. The summed E-state index contributed by atoms with van der Waals surface area (Å²) in [5.74, 6) is 2.78. The third kappa shape index (κ3) is 10.2. The van der Waals surface area contributed by atoms with Gasteiger partial charge < -0.3 is 9.47 Å². The summed E-state index contributed by atoms with van der Waals surface area (Å²) in [5.41, 5.74) is 9.07. The highest BCUT2D eigenvalue weighted by Gasteiger charge is 2.18. The average molecular weight is 608 g/mol. The molecular formula is C40H53N3O2. The molecule has 1 aromatic heterocycles. The number of hydrogen-bond donors (Lipinski definition) is 0. The van der Waals surface area contributed by atoms with Crippen molar-refractivity contribution in [2.24, 2.45) is 5.41 Å². The highest BCUT2D eigenvalue weighted by Crippen LogP contribution is 2.34. The van der Waals surface area contributed by atoms with Gasteiger partial charge in [0.05, 0.1) is 18.8 Å². The first-order chi connectivity index (χ1) is 21.5. The molecule has 240 valence electrons. The van der Waals surface area contributed by atoms with Crippen LogP contribution in [0.5, 0.6) is 5.75 Å². The van der Waals surface area contributed by atoms with Crippen LogP contribution in [0.4, 0.5) is 0 Å². The molecule has 4 rings (SSSR count). The number of rotatable bonds is 15. The molecule has 0 N–H and O–H groups in total. The molecule has 0 bridgehead atoms. The molecule has 0 aliphatic rings. The number of aromatic nitrogens is 3. The third-order valence-corrected chi connectivity index (χ3v) is 8.17. The van der Waals surface area contributed by atoms with E-state index >= 15 is 0 Å². The van der Waals surface area contributed by atoms with E-state index in [1.807, 2.05) is 0 Å². The van der Waals surface area contributed by atoms with E-state index in [1.165, 1.54) is 36.0 Å². The van der Waals surface area contributed by atoms with Crippen LogP contribution < -0.4 is 4.74 Å². The molecule has 0 spiro atoms. The standard InChI is InChI=1S/C40H53N3O2/c1-9-10-11-12-22-44-24-20-32-16-19-35(36(27-32)45-23-13-21-40(6,7)8)39-42-37(33-17-14-28(2)25-30(33)4)41-38(43-39)34-18-15-29(3)26-31(34)5/h14-19,25-27H,9-13,20-24H2,1-8H3. The second kappa shape index (κ2) is 16.1. The van der Waals surface area contributed by atoms with Gasteiger partial charge in [-0.05, 0) is 87.6 Å². The minimum Gasteiger partial charge on any atom is -0.493 e. The molecular weight excluding hydrogens is 554 g/mol. The number of benzene rings is 3. The van der Waals surface area contributed by atoms with Crippen molar-refractivity contribution < 1.29 is 9.47 Å². The van der Waals surface area contributed by atoms with Gasteiger partial charge >= 0.3 is 0 Å². The fourth-order valence-corrected chi connectivity index (χ4v) is 5.60. The first-order valence-corrected chi connectivity index (χ1v) is 16.8. The first-order valence-electron chi connectivity index (χ1n) is 16.8. The van der Waals surface area contributed by atoms with Crippen LogP contribution in [0.15, 0.2) is 54.6 Å². The number of hydrogen-bond acceptors (Lipinski definition) is 5. The summed E-state index contributed by atoms with van der Waals surface area (Å²) in [6.45, 7) is 19.7. The van der Waals surface area contributed by atoms with E-state index in [0.717, 1.165) is 65.9 Å². The van der Waals surface area contributed by atoms with Crippen LogP contribution in [0.2, 0.25) is 0 Å². The van der Waals surface area contributed by atoms with Gasteiger partial charge in [0, 0.05) is 17.7 Å². The van der Waals surface area contributed by atoms with Crippen LogP contribution in [-0.4, -0.2) is 34.8 Å². The second-order valence-electron chi connectivity index (χ2n) is 13.7. The minimum atomic E-state index is 0.262. The van der Waals surface area contributed by atoms with Crippen LogP contribution in [0.25, 0.3) is 34.2 Å². The molecule has 0 unspecified atom stereocenters. The molecule has 5 nitrogen and oxygen atoms in total. The molecule has 0 saturated heterocycles. The fourth-order valence-electron chi connectivity index (χ4n) is 5.60. The summed E-state index contributed by atoms with van der Waals surface area (Å²) in [5, 5.41) is 0. The summed E-state index contributed by atoms with van der Waals surface area (Å²) in [6, 6.07) is 19.3. The van der Waals surface area contributed by atoms with Gasteiger partial charge in [-0.25, -0.2) is 15.0 Å². The molecule has 0 amide bonds. The van der Waals surface area contributed by atoms with E-state index in [-0.39, 0.29) is 5.41 Å². The Bertz CT molecular complexity index is 1480. The lowest BCUT2D eigenvalue weighted by Gasteiger charge is -2.19. The van der Waals surface area contributed by atoms with Gasteiger partial charge in [0.2, 0.25) is 0 Å². The number of nitrogens with zero attached hydrogens (tertiary/aromatic N) is 3. The Hall–Kier alpha value is -3.57. The first kappa shape index (κ1) is 34.3. The maximum absolute atomic E-state index is 6.53. The van der Waals surface area contributed by atoms with Gasteiger partial charge in [0.25, 0.3) is 0 Å². The van der Waals surface area contributed by atoms with Crippen molar-refractivity contribution >= 4 is 0 Å². The fraction of sp³-hybridized carbons (Fsp3) is 0.475. The SMILES string of the molecule is CCCCCCOCCc1ccc(-c2nc(-c3ccc(C)cc3C)nc(-c3ccc(C)cc3C)n2)c(OCCCC(C)(C)C)c1. The molecule has 4 aromatic rings. The van der Waals surface area contributed by atoms with Gasteiger partial charge in [0.15, 0.2) is 17.5 Å². The lowest BCUT2D eigenvalue weighted by atomic mass is 9.91. The zero-order chi connectivity index (χ0) is 32.4. The smallest absolute Gasteiger partial charge is 0.167 e. The molecule has 0 aliphatic heterocycles. The van der Waals surface area contributed by atoms with Crippen molar-refractivity contribution in [3.05, 3.63) is 82.4 Å². The third-order valence-electron chi connectivity index (χ3n) is 8.17. The molecule has 45 heavy (non-hydrogen) atoms. The van der Waals surface area contributed by atoms with Crippen molar-refractivity contribution in [1.82, 2.24) is 15.0 Å². The number of aryl methyl sites for hydroxylation is 4. The zero-order valence-electron chi connectivity index (χ0n) is 28.9. The van der Waals surface area contributed by atoms with Crippen molar-refractivity contribution in [1.29, 1.82) is 0 Å². The molecule has 1 heterocycles. The van der Waals surface area contributed by atoms with Gasteiger partial charge in [-0.2, -0.15) is 0 Å². The van der Waals surface area contributed by atoms with E-state index in [0.29, 0.717) is 30.7 Å². The molecule has 0 atom stereocenters. The predicted octanol–water partition coefficient (Wildman–Crippen LogP) is 10.5. The maximum atomic E-state index is 6.53. The highest BCUT2D eigenvalue weighted by molar-refractivity contribution is 5.72. The Morgan fingerprint density at radius 3 is 1.73 bits per heavy atom. The number of unbranched alkanes of at least 4 members (excludes halogenated alkanes) is 3. The predicted molar refractivity (Wildman–Crippen MR) is 188 cm³/mol. The highest BCUT2D eigenvalue weighted by atomic mass is 16.5. The van der Waals surface area contributed by atoms with Gasteiger partial charge in [-0.1, -0.05) is 101 Å². The number of ether oxygens (including phenoxy) is 2. The topological polar surface area (TPSA) is 57.1 Å². The summed E-state index contributed by atoms with van der Waals surface area (Å²) in [6.07, 6.45) is 7.78. The summed E-state index contributed by atoms with van der Waals surface area (Å²) in [7, 11) is 0. The van der Waals surface area contributed by atoms with E-state index in [4.69, 9.17) is 24.4 Å². The lowest BCUT2D eigenvalue weighted by Crippen LogP contribution is -2.09. The van der Waals surface area contributed by atoms with Gasteiger partial charge in [-0.3, -0.25) is 0 Å². The molecule has 0 saturated carbocycles. The second-order valence-corrected chi connectivity index (χ2v) is 13.7. The molecule has 0 aliphatic carbocycles. The average Bonchev–Trinajstić information content (AvgIpc) is 2.98. The summed E-state index contributed by atoms with van der Waals surface area (Å²) in [4.78, 5) is 15.2. The van der Waals surface area contributed by atoms with E-state index in [9.17, 15) is 0 Å². The van der Waals surface area contributed by atoms with Crippen LogP contribution in [0, 0.1) is 33.1 Å². The quantitative estimate of drug-likeness (QED) is 0.126. The van der Waals surface area contributed by atoms with Crippen LogP contribution in [-0.2, 0) is 11.2 Å². The maximum Gasteiger partial charge on any atom is 0.167 e. The van der Waals surface area contributed by atoms with Gasteiger partial charge in [-0.15, -0.1) is 0 Å². The molecule has 0 radical (unpaired) electrons. The largest absolute Gasteiger partial charge is 0.493 e. The van der Waals surface area contributed by atoms with E-state index in [1.54, 1.807) is 0 Å². The zero-order valence-corrected chi connectivity index (χ0v) is 28.9. The minimum absolute atomic E-state index is 0.262. The van der Waals surface area contributed by atoms with Crippen LogP contribution in [0.1, 0.15) is 94.0 Å². The van der Waals surface area contributed by atoms with Crippen molar-refractivity contribution in [3.63, 3.8) is 0 Å². The Balaban J connectivity index is 1.72. The van der Waals surface area contributed by atoms with Gasteiger partial charge in [0.1, 0.15) is 5.75 Å². The van der Waals surface area contributed by atoms with E-state index < -0.39 is 0 Å². The van der Waals surface area contributed by atoms with E-state index in [2.05, 4.69) is 110 Å². The van der Waals surface area contributed by atoms with Crippen molar-refractivity contribution in [2.45, 2.75) is 100 Å². The van der Waals surface area contributed by atoms with Crippen molar-refractivity contribution in [3.8, 4) is 39.9 Å². The molecule has 5 heteroatoms. The Morgan fingerprint density at radius 2 is 1.18 bits per heavy atom. The summed E-state index contributed by atoms with van der Waals surface area (Å²) >= 11 is 0. The lowest BCUT2D eigenvalue weighted by molar-refractivity contribution is 0.133. The van der Waals surface area contributed by atoms with Crippen molar-refractivity contribution in [2.75, 3.05) is 19.8 Å². The molecule has 3 aromatic carbocycles. The normalized spacial score (nSPS) is 11.6. The van der Waals surface area contributed by atoms with Crippen LogP contribution in [0.3, 0.4) is 0 Å². The Morgan fingerprint density at radius 1 is 0.600 bits per heavy atom.